The lowest BCUT2D eigenvalue weighted by molar-refractivity contribution is 0.350. The van der Waals surface area contributed by atoms with Gasteiger partial charge in [-0.3, -0.25) is 0 Å². The molecule has 0 aliphatic rings. The topological polar surface area (TPSA) is 58.3 Å². The number of hydrogen-bond donors (Lipinski definition) is 3. The van der Waals surface area contributed by atoms with Crippen molar-refractivity contribution in [3.8, 4) is 11.5 Å². The first-order valence-electron chi connectivity index (χ1n) is 9.48. The largest absolute Gasteiger partial charge is 0.493 e. The monoisotopic (exact) mass is 397 g/mol. The van der Waals surface area contributed by atoms with Crippen molar-refractivity contribution < 1.29 is 9.47 Å². The van der Waals surface area contributed by atoms with Crippen molar-refractivity contribution in [3.05, 3.63) is 59.8 Å². The van der Waals surface area contributed by atoms with Gasteiger partial charge in [-0.05, 0) is 36.3 Å². The molecule has 3 rings (SSSR count). The second-order valence-electron chi connectivity index (χ2n) is 6.56. The number of rotatable bonds is 8. The van der Waals surface area contributed by atoms with Crippen molar-refractivity contribution in [1.82, 2.24) is 15.6 Å². The zero-order valence-corrected chi connectivity index (χ0v) is 17.4. The van der Waals surface area contributed by atoms with Crippen LogP contribution in [0.4, 0.5) is 0 Å². The molecule has 0 amide bonds. The lowest BCUT2D eigenvalue weighted by Gasteiger charge is -2.22. The van der Waals surface area contributed by atoms with Crippen molar-refractivity contribution in [2.24, 2.45) is 0 Å². The van der Waals surface area contributed by atoms with E-state index >= 15 is 0 Å². The van der Waals surface area contributed by atoms with Gasteiger partial charge in [0.1, 0.15) is 0 Å². The molecule has 0 saturated heterocycles. The molecule has 1 heterocycles. The van der Waals surface area contributed by atoms with Crippen LogP contribution in [0.25, 0.3) is 10.9 Å². The fourth-order valence-corrected chi connectivity index (χ4v) is 3.64. The highest BCUT2D eigenvalue weighted by Crippen LogP contribution is 2.40. The summed E-state index contributed by atoms with van der Waals surface area (Å²) in [5.41, 5.74) is 3.35. The molecule has 5 nitrogen and oxygen atoms in total. The molecule has 28 heavy (non-hydrogen) atoms. The fourth-order valence-electron chi connectivity index (χ4n) is 3.45. The predicted octanol–water partition coefficient (Wildman–Crippen LogP) is 4.19. The molecule has 1 unspecified atom stereocenters. The summed E-state index contributed by atoms with van der Waals surface area (Å²) in [6.07, 6.45) is 3.09. The van der Waals surface area contributed by atoms with E-state index < -0.39 is 0 Å². The molecule has 0 aliphatic heterocycles. The molecule has 0 bridgehead atoms. The number of benzene rings is 2. The van der Waals surface area contributed by atoms with Crippen LogP contribution in [0.3, 0.4) is 0 Å². The number of methoxy groups -OCH3 is 2. The number of aromatic amines is 1. The molecular weight excluding hydrogens is 370 g/mol. The number of H-pyrrole nitrogens is 1. The Kier molecular flexibility index (Phi) is 6.76. The first-order valence-corrected chi connectivity index (χ1v) is 9.89. The summed E-state index contributed by atoms with van der Waals surface area (Å²) in [7, 11) is 3.33. The SMILES string of the molecule is CCCNC(=S)NCC(c1cccc(OC)c1OC)c1c[nH]c2ccccc12. The van der Waals surface area contributed by atoms with Crippen molar-refractivity contribution >= 4 is 28.2 Å². The third kappa shape index (κ3) is 4.22. The number of nitrogens with one attached hydrogen (secondary N) is 3. The number of thiocarbonyl (C=S) groups is 1. The molecule has 3 N–H and O–H groups in total. The van der Waals surface area contributed by atoms with Crippen LogP contribution in [-0.4, -0.2) is 37.4 Å². The highest BCUT2D eigenvalue weighted by atomic mass is 32.1. The van der Waals surface area contributed by atoms with Gasteiger partial charge < -0.3 is 25.1 Å². The van der Waals surface area contributed by atoms with Crippen LogP contribution in [-0.2, 0) is 0 Å². The van der Waals surface area contributed by atoms with Gasteiger partial charge in [0, 0.05) is 41.7 Å². The zero-order valence-electron chi connectivity index (χ0n) is 16.5. The molecule has 0 fully saturated rings. The van der Waals surface area contributed by atoms with Crippen LogP contribution in [0.1, 0.15) is 30.4 Å². The second kappa shape index (κ2) is 9.46. The number of ether oxygens (including phenoxy) is 2. The van der Waals surface area contributed by atoms with E-state index in [1.54, 1.807) is 14.2 Å². The van der Waals surface area contributed by atoms with E-state index in [0.29, 0.717) is 11.7 Å². The van der Waals surface area contributed by atoms with E-state index in [0.717, 1.165) is 35.5 Å². The Morgan fingerprint density at radius 1 is 1.04 bits per heavy atom. The van der Waals surface area contributed by atoms with E-state index in [2.05, 4.69) is 53.0 Å². The molecule has 0 spiro atoms. The van der Waals surface area contributed by atoms with Crippen LogP contribution >= 0.6 is 12.2 Å². The first-order chi connectivity index (χ1) is 13.7. The van der Waals surface area contributed by atoms with Gasteiger partial charge in [0.2, 0.25) is 0 Å². The van der Waals surface area contributed by atoms with Crippen LogP contribution < -0.4 is 20.1 Å². The van der Waals surface area contributed by atoms with Crippen LogP contribution in [0.5, 0.6) is 11.5 Å². The van der Waals surface area contributed by atoms with Crippen LogP contribution in [0, 0.1) is 0 Å². The van der Waals surface area contributed by atoms with Crippen LogP contribution in [0.15, 0.2) is 48.7 Å². The molecule has 6 heteroatoms. The lowest BCUT2D eigenvalue weighted by atomic mass is 9.90. The summed E-state index contributed by atoms with van der Waals surface area (Å²) in [6.45, 7) is 3.61. The molecule has 1 aromatic heterocycles. The Morgan fingerprint density at radius 3 is 2.61 bits per heavy atom. The summed E-state index contributed by atoms with van der Waals surface area (Å²) >= 11 is 5.44. The molecule has 0 aliphatic carbocycles. The summed E-state index contributed by atoms with van der Waals surface area (Å²) in [4.78, 5) is 3.38. The van der Waals surface area contributed by atoms with E-state index in [1.807, 2.05) is 18.2 Å². The molecule has 0 saturated carbocycles. The Bertz CT molecular complexity index is 938. The van der Waals surface area contributed by atoms with Gasteiger partial charge in [-0.15, -0.1) is 0 Å². The maximum atomic E-state index is 5.72. The minimum Gasteiger partial charge on any atom is -0.493 e. The van der Waals surface area contributed by atoms with Crippen molar-refractivity contribution in [3.63, 3.8) is 0 Å². The summed E-state index contributed by atoms with van der Waals surface area (Å²) < 4.78 is 11.2. The van der Waals surface area contributed by atoms with Gasteiger partial charge >= 0.3 is 0 Å². The number of fused-ring (bicyclic) bond motifs is 1. The van der Waals surface area contributed by atoms with Gasteiger partial charge in [0.15, 0.2) is 16.6 Å². The van der Waals surface area contributed by atoms with E-state index in [1.165, 1.54) is 10.9 Å². The van der Waals surface area contributed by atoms with Crippen molar-refractivity contribution in [1.29, 1.82) is 0 Å². The van der Waals surface area contributed by atoms with Gasteiger partial charge in [0.25, 0.3) is 0 Å². The minimum absolute atomic E-state index is 0.0302. The van der Waals surface area contributed by atoms with E-state index in [4.69, 9.17) is 21.7 Å². The maximum Gasteiger partial charge on any atom is 0.166 e. The fraction of sp³-hybridized carbons (Fsp3) is 0.318. The quantitative estimate of drug-likeness (QED) is 0.498. The molecule has 1 atom stereocenters. The Balaban J connectivity index is 2.01. The minimum atomic E-state index is 0.0302. The van der Waals surface area contributed by atoms with Crippen molar-refractivity contribution in [2.45, 2.75) is 19.3 Å². The average Bonchev–Trinajstić information content (AvgIpc) is 3.16. The normalized spacial score (nSPS) is 11.8. The van der Waals surface area contributed by atoms with Crippen molar-refractivity contribution in [2.75, 3.05) is 27.3 Å². The molecule has 2 aromatic carbocycles. The Morgan fingerprint density at radius 2 is 1.86 bits per heavy atom. The average molecular weight is 398 g/mol. The number of aromatic nitrogens is 1. The standard InChI is InChI=1S/C22H27N3O2S/c1-4-12-23-22(28)25-14-18(16-9-7-11-20(26-2)21(16)27-3)17-13-24-19-10-6-5-8-15(17)19/h5-11,13,18,24H,4,12,14H2,1-3H3,(H2,23,25,28). The van der Waals surface area contributed by atoms with Gasteiger partial charge in [0.05, 0.1) is 14.2 Å². The van der Waals surface area contributed by atoms with Gasteiger partial charge in [-0.25, -0.2) is 0 Å². The summed E-state index contributed by atoms with van der Waals surface area (Å²) in [6, 6.07) is 14.3. The molecule has 148 valence electrons. The summed E-state index contributed by atoms with van der Waals surface area (Å²) in [5, 5.41) is 8.44. The van der Waals surface area contributed by atoms with Gasteiger partial charge in [-0.1, -0.05) is 37.3 Å². The highest BCUT2D eigenvalue weighted by molar-refractivity contribution is 7.80. The molecule has 3 aromatic rings. The second-order valence-corrected chi connectivity index (χ2v) is 6.97. The number of para-hydroxylation sites is 2. The third-order valence-corrected chi connectivity index (χ3v) is 5.10. The Hall–Kier alpha value is -2.73. The first kappa shape index (κ1) is 20.0. The smallest absolute Gasteiger partial charge is 0.166 e. The number of hydrogen-bond acceptors (Lipinski definition) is 3. The highest BCUT2D eigenvalue weighted by Gasteiger charge is 2.23. The maximum absolute atomic E-state index is 5.72. The zero-order chi connectivity index (χ0) is 19.9. The predicted molar refractivity (Wildman–Crippen MR) is 119 cm³/mol. The van der Waals surface area contributed by atoms with E-state index in [-0.39, 0.29) is 5.92 Å². The van der Waals surface area contributed by atoms with Crippen LogP contribution in [0.2, 0.25) is 0 Å². The lowest BCUT2D eigenvalue weighted by Crippen LogP contribution is -2.38. The summed E-state index contributed by atoms with van der Waals surface area (Å²) in [5.74, 6) is 1.49. The molecular formula is C22H27N3O2S. The Labute approximate surface area is 171 Å². The molecule has 0 radical (unpaired) electrons. The van der Waals surface area contributed by atoms with Gasteiger partial charge in [-0.2, -0.15) is 0 Å². The van der Waals surface area contributed by atoms with E-state index in [9.17, 15) is 0 Å². The third-order valence-electron chi connectivity index (χ3n) is 4.81.